The summed E-state index contributed by atoms with van der Waals surface area (Å²) >= 11 is 0. The SMILES string of the molecule is COC[C@@H](COCCC(=O)N1CCN2c3ncc(C(F)(F)F)cc3COC[C@H]2C1)Nc1cn[nH]c(=O)c1C(F)(F)F. The van der Waals surface area contributed by atoms with Gasteiger partial charge in [-0.3, -0.25) is 9.59 Å². The molecule has 2 N–H and O–H groups in total. The molecule has 0 spiro atoms. The lowest BCUT2D eigenvalue weighted by atomic mass is 10.1. The number of aromatic amines is 1. The van der Waals surface area contributed by atoms with E-state index in [1.807, 2.05) is 4.90 Å². The maximum Gasteiger partial charge on any atom is 0.423 e. The Morgan fingerprint density at radius 1 is 1.20 bits per heavy atom. The predicted octanol–water partition coefficient (Wildman–Crippen LogP) is 2.28. The van der Waals surface area contributed by atoms with Gasteiger partial charge < -0.3 is 29.3 Å². The summed E-state index contributed by atoms with van der Waals surface area (Å²) in [5, 5.41) is 7.74. The van der Waals surface area contributed by atoms with Crippen molar-refractivity contribution in [3.05, 3.63) is 45.5 Å². The van der Waals surface area contributed by atoms with E-state index in [9.17, 15) is 35.9 Å². The number of amides is 1. The molecule has 2 atom stereocenters. The zero-order valence-electron chi connectivity index (χ0n) is 21.8. The zero-order valence-corrected chi connectivity index (χ0v) is 21.8. The Kier molecular flexibility index (Phi) is 9.38. The molecule has 1 fully saturated rings. The minimum atomic E-state index is -4.92. The number of piperazine rings is 1. The van der Waals surface area contributed by atoms with E-state index in [0.29, 0.717) is 24.5 Å². The van der Waals surface area contributed by atoms with Crippen molar-refractivity contribution in [2.75, 3.05) is 63.4 Å². The van der Waals surface area contributed by atoms with Gasteiger partial charge in [0.1, 0.15) is 11.4 Å². The van der Waals surface area contributed by atoms with Crippen molar-refractivity contribution >= 4 is 17.4 Å². The summed E-state index contributed by atoms with van der Waals surface area (Å²) in [5.74, 6) is 0.167. The van der Waals surface area contributed by atoms with Gasteiger partial charge in [-0.05, 0) is 6.07 Å². The Bertz CT molecular complexity index is 1270. The van der Waals surface area contributed by atoms with Gasteiger partial charge in [-0.2, -0.15) is 31.4 Å². The average molecular weight is 595 g/mol. The van der Waals surface area contributed by atoms with Gasteiger partial charge in [-0.25, -0.2) is 10.1 Å². The summed E-state index contributed by atoms with van der Waals surface area (Å²) in [6.07, 6.45) is -7.82. The van der Waals surface area contributed by atoms with Gasteiger partial charge in [0.05, 0.1) is 69.0 Å². The molecule has 2 aromatic rings. The lowest BCUT2D eigenvalue weighted by molar-refractivity contribution is -0.138. The second kappa shape index (κ2) is 12.6. The van der Waals surface area contributed by atoms with Crippen molar-refractivity contribution in [3.8, 4) is 0 Å². The van der Waals surface area contributed by atoms with Crippen molar-refractivity contribution in [1.29, 1.82) is 0 Å². The number of H-pyrrole nitrogens is 1. The number of anilines is 2. The number of nitrogens with one attached hydrogen (secondary N) is 2. The van der Waals surface area contributed by atoms with Gasteiger partial charge in [0.2, 0.25) is 5.91 Å². The molecule has 0 aliphatic carbocycles. The van der Waals surface area contributed by atoms with Gasteiger partial charge >= 0.3 is 12.4 Å². The van der Waals surface area contributed by atoms with E-state index in [0.717, 1.165) is 18.5 Å². The second-order valence-electron chi connectivity index (χ2n) is 9.51. The third-order valence-electron chi connectivity index (χ3n) is 6.59. The zero-order chi connectivity index (χ0) is 29.8. The van der Waals surface area contributed by atoms with Gasteiger partial charge in [-0.15, -0.1) is 0 Å². The first-order chi connectivity index (χ1) is 19.4. The normalized spacial score (nSPS) is 18.4. The first kappa shape index (κ1) is 30.5. The van der Waals surface area contributed by atoms with Crippen molar-refractivity contribution in [2.24, 2.45) is 0 Å². The van der Waals surface area contributed by atoms with Crippen LogP contribution in [0.2, 0.25) is 0 Å². The van der Waals surface area contributed by atoms with Crippen LogP contribution in [-0.4, -0.2) is 91.2 Å². The molecule has 0 aromatic carbocycles. The first-order valence-corrected chi connectivity index (χ1v) is 12.5. The number of fused-ring (bicyclic) bond motifs is 3. The molecule has 17 heteroatoms. The minimum absolute atomic E-state index is 0.0164. The van der Waals surface area contributed by atoms with Gasteiger partial charge in [0.25, 0.3) is 5.56 Å². The molecule has 2 aliphatic heterocycles. The lowest BCUT2D eigenvalue weighted by Crippen LogP contribution is -2.56. The summed E-state index contributed by atoms with van der Waals surface area (Å²) in [7, 11) is 1.35. The number of nitrogens with zero attached hydrogens (tertiary/aromatic N) is 4. The standard InChI is InChI=1S/C24H28F6N6O5/c1-39-11-16(33-18-8-32-34-22(38)20(18)24(28,29)30)12-40-5-2-19(37)35-3-4-36-17(9-35)13-41-10-14-6-15(23(25,26)27)7-31-21(14)36/h6-8,16-17H,2-5,9-13H2,1H3,(H2,33,34,38)/t16-,17+/m0/s1. The average Bonchev–Trinajstić information content (AvgIpc) is 3.08. The molecular formula is C24H28F6N6O5. The van der Waals surface area contributed by atoms with Gasteiger partial charge in [-0.1, -0.05) is 0 Å². The number of rotatable bonds is 9. The Morgan fingerprint density at radius 3 is 2.68 bits per heavy atom. The van der Waals surface area contributed by atoms with Crippen molar-refractivity contribution < 1.29 is 45.3 Å². The maximum absolute atomic E-state index is 13.3. The van der Waals surface area contributed by atoms with Crippen LogP contribution in [0.5, 0.6) is 0 Å². The van der Waals surface area contributed by atoms with Crippen LogP contribution in [-0.2, 0) is 38.0 Å². The molecule has 226 valence electrons. The van der Waals surface area contributed by atoms with Crippen LogP contribution >= 0.6 is 0 Å². The summed E-state index contributed by atoms with van der Waals surface area (Å²) < 4.78 is 95.4. The van der Waals surface area contributed by atoms with E-state index >= 15 is 0 Å². The van der Waals surface area contributed by atoms with Crippen LogP contribution in [0, 0.1) is 0 Å². The Labute approximate surface area is 229 Å². The van der Waals surface area contributed by atoms with Crippen molar-refractivity contribution in [1.82, 2.24) is 20.1 Å². The molecule has 0 radical (unpaired) electrons. The number of pyridine rings is 1. The quantitative estimate of drug-likeness (QED) is 0.333. The molecule has 4 rings (SSSR count). The molecule has 41 heavy (non-hydrogen) atoms. The highest BCUT2D eigenvalue weighted by atomic mass is 19.4. The highest BCUT2D eigenvalue weighted by Crippen LogP contribution is 2.34. The fraction of sp³-hybridized carbons (Fsp3) is 0.583. The molecule has 2 aliphatic rings. The minimum Gasteiger partial charge on any atom is -0.382 e. The van der Waals surface area contributed by atoms with E-state index < -0.39 is 40.8 Å². The van der Waals surface area contributed by atoms with Crippen LogP contribution in [0.3, 0.4) is 0 Å². The third-order valence-corrected chi connectivity index (χ3v) is 6.59. The molecule has 1 saturated heterocycles. The molecular weight excluding hydrogens is 566 g/mol. The number of carbonyl (C=O) groups excluding carboxylic acids is 1. The monoisotopic (exact) mass is 594 g/mol. The number of halogens is 6. The highest BCUT2D eigenvalue weighted by Gasteiger charge is 2.38. The summed E-state index contributed by atoms with van der Waals surface area (Å²) in [6, 6.07) is -0.0570. The summed E-state index contributed by atoms with van der Waals surface area (Å²) in [5.41, 5.74) is -3.88. The van der Waals surface area contributed by atoms with Crippen LogP contribution in [0.15, 0.2) is 23.3 Å². The van der Waals surface area contributed by atoms with Gasteiger partial charge in [0.15, 0.2) is 0 Å². The molecule has 4 heterocycles. The topological polar surface area (TPSA) is 122 Å². The number of methoxy groups -OCH3 is 1. The molecule has 1 amide bonds. The van der Waals surface area contributed by atoms with E-state index in [1.165, 1.54) is 7.11 Å². The van der Waals surface area contributed by atoms with Crippen LogP contribution in [0.1, 0.15) is 23.1 Å². The summed E-state index contributed by atoms with van der Waals surface area (Å²) in [4.78, 5) is 32.0. The molecule has 2 aromatic heterocycles. The predicted molar refractivity (Wildman–Crippen MR) is 131 cm³/mol. The lowest BCUT2D eigenvalue weighted by Gasteiger charge is -2.41. The fourth-order valence-electron chi connectivity index (χ4n) is 4.72. The van der Waals surface area contributed by atoms with Crippen molar-refractivity contribution in [2.45, 2.75) is 37.5 Å². The smallest absolute Gasteiger partial charge is 0.382 e. The number of alkyl halides is 6. The second-order valence-corrected chi connectivity index (χ2v) is 9.51. The first-order valence-electron chi connectivity index (χ1n) is 12.5. The Balaban J connectivity index is 1.30. The van der Waals surface area contributed by atoms with E-state index in [1.54, 1.807) is 10.00 Å². The van der Waals surface area contributed by atoms with Crippen LogP contribution < -0.4 is 15.8 Å². The molecule has 11 nitrogen and oxygen atoms in total. The van der Waals surface area contributed by atoms with E-state index in [2.05, 4.69) is 15.4 Å². The number of aromatic nitrogens is 3. The van der Waals surface area contributed by atoms with Gasteiger partial charge in [0, 0.05) is 38.5 Å². The Morgan fingerprint density at radius 2 is 1.98 bits per heavy atom. The fourth-order valence-corrected chi connectivity index (χ4v) is 4.72. The van der Waals surface area contributed by atoms with E-state index in [-0.39, 0.29) is 57.9 Å². The van der Waals surface area contributed by atoms with Crippen molar-refractivity contribution in [3.63, 3.8) is 0 Å². The van der Waals surface area contributed by atoms with Crippen LogP contribution in [0.25, 0.3) is 0 Å². The largest absolute Gasteiger partial charge is 0.423 e. The molecule has 0 unspecified atom stereocenters. The molecule has 0 saturated carbocycles. The summed E-state index contributed by atoms with van der Waals surface area (Å²) in [6.45, 7) is 0.865. The highest BCUT2D eigenvalue weighted by molar-refractivity contribution is 5.76. The van der Waals surface area contributed by atoms with E-state index in [4.69, 9.17) is 14.2 Å². The molecule has 0 bridgehead atoms. The van der Waals surface area contributed by atoms with Crippen LogP contribution in [0.4, 0.5) is 37.8 Å². The maximum atomic E-state index is 13.3. The number of ether oxygens (including phenoxy) is 3. The number of hydrogen-bond donors (Lipinski definition) is 2. The number of hydrogen-bond acceptors (Lipinski definition) is 9. The third kappa shape index (κ3) is 7.45. The Hall–Kier alpha value is -3.44. The number of carbonyl (C=O) groups is 1.